The molecule has 8 nitrogen and oxygen atoms in total. The fourth-order valence-electron chi connectivity index (χ4n) is 19.4. The van der Waals surface area contributed by atoms with Crippen molar-refractivity contribution in [1.82, 2.24) is 19.9 Å². The standard InChI is InChI=1S/C120H184N4O4/c1-5-9-13-17-21-25-29-33-37-41-45-49-53-57-61-65-93-125-97-101-69-77-105(78-70-101)117-109-85-87-111(121-109)118(106-79-71-102(72-80-106)98-126-94-66-62-58-54-50-46-42-38-34-30-26-22-18-14-10-6-2)113-89-91-115(123-113)120(108-83-75-104(76-84-108)100-128-96-68-64-60-56-52-48-44-40-36-32-28-24-20-16-12-8-4)116-92-90-114(124-116)119(112-88-86-110(117)122-112)107-81-73-103(74-82-107)99-127-95-67-63-59-55-51-47-43-39-35-31-27-23-19-15-11-7-3/h69-92,121-124H,5-68,93-100H2,1-4H3. The van der Waals surface area contributed by atoms with Gasteiger partial charge in [-0.2, -0.15) is 0 Å². The molecule has 0 fully saturated rings. The van der Waals surface area contributed by atoms with E-state index in [4.69, 9.17) is 18.9 Å². The van der Waals surface area contributed by atoms with Gasteiger partial charge in [0.05, 0.1) is 26.4 Å². The predicted molar refractivity (Wildman–Crippen MR) is 551 cm³/mol. The summed E-state index contributed by atoms with van der Waals surface area (Å²) in [6, 6.07) is 54.9. The SMILES string of the molecule is CCCCCCCCCCCCCCCCCCOCc1ccc(C2=c3ccc([nH]3)=C(c3ccc(COCCCCCCCCCCCCCCCCCC)cc3)c3ccc([nH]3)C(c3ccc(COCCCCCCCCCCCCCCCCCC)cc3)=c3ccc([nH]3)=C(c3ccc(COCCCCCCCCCCCCCCCCCC)cc3)c3ccc2[nH]3)cc1. The van der Waals surface area contributed by atoms with Gasteiger partial charge in [0.2, 0.25) is 0 Å². The number of hydrogen-bond acceptors (Lipinski definition) is 4. The lowest BCUT2D eigenvalue weighted by molar-refractivity contribution is 0.116. The van der Waals surface area contributed by atoms with Crippen LogP contribution in [0.4, 0.5) is 0 Å². The van der Waals surface area contributed by atoms with Crippen molar-refractivity contribution in [3.63, 3.8) is 0 Å². The minimum Gasteiger partial charge on any atom is -0.377 e. The molecule has 1 aliphatic heterocycles. The third-order valence-electron chi connectivity index (χ3n) is 27.5. The van der Waals surface area contributed by atoms with Crippen molar-refractivity contribution in [3.8, 4) is 0 Å². The molecule has 0 amide bonds. The zero-order valence-corrected chi connectivity index (χ0v) is 82.4. The van der Waals surface area contributed by atoms with Gasteiger partial charge in [-0.05, 0) is 119 Å². The molecule has 0 aliphatic carbocycles. The summed E-state index contributed by atoms with van der Waals surface area (Å²) in [7, 11) is 0. The Hall–Kier alpha value is -6.68. The van der Waals surface area contributed by atoms with Gasteiger partial charge in [0.1, 0.15) is 0 Å². The Morgan fingerprint density at radius 3 is 0.438 bits per heavy atom. The highest BCUT2D eigenvalue weighted by atomic mass is 16.5. The van der Waals surface area contributed by atoms with E-state index >= 15 is 0 Å². The van der Waals surface area contributed by atoms with E-state index in [0.717, 1.165) is 141 Å². The second-order valence-electron chi connectivity index (χ2n) is 38.9. The maximum atomic E-state index is 6.42. The summed E-state index contributed by atoms with van der Waals surface area (Å²) >= 11 is 0. The number of fused-ring (bicyclic) bond motifs is 8. The fourth-order valence-corrected chi connectivity index (χ4v) is 19.4. The summed E-state index contributed by atoms with van der Waals surface area (Å²) in [4.78, 5) is 16.4. The first-order valence-corrected chi connectivity index (χ1v) is 54.5. The summed E-state index contributed by atoms with van der Waals surface area (Å²) in [5.41, 5.74) is 17.8. The lowest BCUT2D eigenvalue weighted by atomic mass is 10.0. The molecule has 0 saturated carbocycles. The first-order valence-electron chi connectivity index (χ1n) is 54.5. The van der Waals surface area contributed by atoms with E-state index in [2.05, 4.69) is 193 Å². The zero-order chi connectivity index (χ0) is 89.1. The molecule has 4 aromatic heterocycles. The minimum absolute atomic E-state index is 0.606. The van der Waals surface area contributed by atoms with E-state index in [-0.39, 0.29) is 0 Å². The first-order chi connectivity index (χ1) is 63.5. The van der Waals surface area contributed by atoms with Crippen molar-refractivity contribution in [2.45, 2.75) is 465 Å². The molecule has 8 aromatic rings. The van der Waals surface area contributed by atoms with Crippen molar-refractivity contribution >= 4 is 22.3 Å². The maximum Gasteiger partial charge on any atom is 0.0716 e. The van der Waals surface area contributed by atoms with Crippen LogP contribution < -0.4 is 21.4 Å². The van der Waals surface area contributed by atoms with Crippen molar-refractivity contribution in [1.29, 1.82) is 0 Å². The molecule has 128 heavy (non-hydrogen) atoms. The number of aromatic nitrogens is 4. The van der Waals surface area contributed by atoms with Gasteiger partial charge in [-0.1, -0.05) is 510 Å². The second-order valence-corrected chi connectivity index (χ2v) is 38.9. The van der Waals surface area contributed by atoms with Crippen LogP contribution in [0.1, 0.15) is 506 Å². The van der Waals surface area contributed by atoms with E-state index in [1.54, 1.807) is 0 Å². The Balaban J connectivity index is 0.906. The molecule has 0 atom stereocenters. The second kappa shape index (κ2) is 69.2. The summed E-state index contributed by atoms with van der Waals surface area (Å²) in [6.07, 6.45) is 87.6. The lowest BCUT2D eigenvalue weighted by Gasteiger charge is -2.11. The minimum atomic E-state index is 0.606. The topological polar surface area (TPSA) is 100 Å². The van der Waals surface area contributed by atoms with Gasteiger partial charge in [-0.3, -0.25) is 0 Å². The Morgan fingerprint density at radius 2 is 0.289 bits per heavy atom. The number of H-pyrrole nitrogens is 4. The Labute approximate surface area is 782 Å². The Morgan fingerprint density at radius 1 is 0.148 bits per heavy atom. The number of nitrogens with one attached hydrogen (secondary N) is 4. The van der Waals surface area contributed by atoms with Crippen LogP contribution >= 0.6 is 0 Å². The van der Waals surface area contributed by atoms with Gasteiger partial charge in [-0.15, -0.1) is 0 Å². The summed E-state index contributed by atoms with van der Waals surface area (Å²) in [5, 5.41) is 4.13. The number of benzene rings is 4. The van der Waals surface area contributed by atoms with Crippen molar-refractivity contribution in [2.75, 3.05) is 26.4 Å². The fraction of sp³-hybridized carbons (Fsp3) is 0.633. The van der Waals surface area contributed by atoms with E-state index in [0.29, 0.717) is 26.4 Å². The number of ether oxygens (including phenoxy) is 4. The highest BCUT2D eigenvalue weighted by molar-refractivity contribution is 5.85. The molecule has 4 N–H and O–H groups in total. The maximum absolute atomic E-state index is 6.42. The molecule has 1 aliphatic rings. The van der Waals surface area contributed by atoms with Crippen LogP contribution in [-0.4, -0.2) is 46.4 Å². The molecule has 0 saturated heterocycles. The van der Waals surface area contributed by atoms with Crippen LogP contribution in [0.5, 0.6) is 0 Å². The third kappa shape index (κ3) is 42.9. The molecule has 8 heteroatoms. The Kier molecular flexibility index (Phi) is 56.8. The van der Waals surface area contributed by atoms with Crippen molar-refractivity contribution < 1.29 is 18.9 Å². The van der Waals surface area contributed by atoms with Gasteiger partial charge < -0.3 is 38.9 Å². The van der Waals surface area contributed by atoms with Crippen molar-refractivity contribution in [3.05, 3.63) is 234 Å². The van der Waals surface area contributed by atoms with Crippen LogP contribution in [0.2, 0.25) is 0 Å². The summed E-state index contributed by atoms with van der Waals surface area (Å²) < 4.78 is 25.7. The molecule has 0 unspecified atom stereocenters. The van der Waals surface area contributed by atoms with E-state index in [9.17, 15) is 0 Å². The van der Waals surface area contributed by atoms with Gasteiger partial charge >= 0.3 is 0 Å². The molecule has 708 valence electrons. The number of aromatic amines is 4. The third-order valence-corrected chi connectivity index (χ3v) is 27.5. The first kappa shape index (κ1) is 105. The summed E-state index contributed by atoms with van der Waals surface area (Å²) in [5.74, 6) is 0. The van der Waals surface area contributed by atoms with E-state index < -0.39 is 0 Å². The van der Waals surface area contributed by atoms with Crippen LogP contribution in [0, 0.1) is 0 Å². The number of unbranched alkanes of at least 4 members (excludes halogenated alkanes) is 60. The number of rotatable bonds is 80. The molecular formula is C120H184N4O4. The molecule has 0 spiro atoms. The molecule has 5 heterocycles. The highest BCUT2D eigenvalue weighted by Gasteiger charge is 2.20. The highest BCUT2D eigenvalue weighted by Crippen LogP contribution is 2.31. The van der Waals surface area contributed by atoms with Crippen LogP contribution in [0.25, 0.3) is 22.3 Å². The quantitative estimate of drug-likeness (QED) is 0.0285. The number of hydrogen-bond donors (Lipinski definition) is 4. The average molecular weight is 1750 g/mol. The molecule has 8 bridgehead atoms. The van der Waals surface area contributed by atoms with Gasteiger partial charge in [0.15, 0.2) is 0 Å². The van der Waals surface area contributed by atoms with Gasteiger partial charge in [0, 0.05) is 92.9 Å². The molecule has 9 rings (SSSR count). The summed E-state index contributed by atoms with van der Waals surface area (Å²) in [6.45, 7) is 14.8. The molecular weight excluding hydrogens is 1560 g/mol. The van der Waals surface area contributed by atoms with Crippen LogP contribution in [0.15, 0.2) is 146 Å². The lowest BCUT2D eigenvalue weighted by Crippen LogP contribution is -2.19. The smallest absolute Gasteiger partial charge is 0.0716 e. The Bertz CT molecular complexity index is 3740. The van der Waals surface area contributed by atoms with Crippen LogP contribution in [0.3, 0.4) is 0 Å². The monoisotopic (exact) mass is 1750 g/mol. The van der Waals surface area contributed by atoms with Crippen molar-refractivity contribution in [2.24, 2.45) is 0 Å². The molecule has 4 aromatic carbocycles. The van der Waals surface area contributed by atoms with Gasteiger partial charge in [-0.25, -0.2) is 0 Å². The van der Waals surface area contributed by atoms with Crippen LogP contribution in [-0.2, 0) is 45.4 Å². The van der Waals surface area contributed by atoms with E-state index in [1.807, 2.05) is 0 Å². The average Bonchev–Trinajstić information content (AvgIpc) is 1.61. The normalized spacial score (nSPS) is 12.3. The predicted octanol–water partition coefficient (Wildman–Crippen LogP) is 33.4. The molecule has 0 radical (unpaired) electrons. The zero-order valence-electron chi connectivity index (χ0n) is 82.4. The largest absolute Gasteiger partial charge is 0.377 e. The van der Waals surface area contributed by atoms with E-state index in [1.165, 1.54) is 408 Å². The van der Waals surface area contributed by atoms with Gasteiger partial charge in [0.25, 0.3) is 0 Å².